The maximum atomic E-state index is 13.7. The maximum Gasteiger partial charge on any atom is 0.244 e. The Bertz CT molecular complexity index is 828. The van der Waals surface area contributed by atoms with Crippen LogP contribution in [0.5, 0.6) is 0 Å². The molecular weight excluding hydrogens is 362 g/mol. The number of carbonyl (C=O) groups is 1. The van der Waals surface area contributed by atoms with Crippen LogP contribution in [0, 0.1) is 11.6 Å². The molecule has 28 heavy (non-hydrogen) atoms. The maximum absolute atomic E-state index is 13.7. The molecule has 0 spiro atoms. The zero-order chi connectivity index (χ0) is 19.9. The van der Waals surface area contributed by atoms with E-state index < -0.39 is 17.5 Å². The highest BCUT2D eigenvalue weighted by atomic mass is 19.1. The number of hydrogen-bond acceptors (Lipinski definition) is 3. The molecule has 1 N–H and O–H groups in total. The lowest BCUT2D eigenvalue weighted by molar-refractivity contribution is -0.117. The Hall–Kier alpha value is -2.73. The highest BCUT2D eigenvalue weighted by Gasteiger charge is 2.15. The van der Waals surface area contributed by atoms with Gasteiger partial charge in [0, 0.05) is 30.4 Å². The van der Waals surface area contributed by atoms with Gasteiger partial charge in [0.15, 0.2) is 0 Å². The van der Waals surface area contributed by atoms with Crippen molar-refractivity contribution < 1.29 is 18.3 Å². The van der Waals surface area contributed by atoms with Crippen LogP contribution in [0.3, 0.4) is 0 Å². The molecule has 148 valence electrons. The van der Waals surface area contributed by atoms with Crippen molar-refractivity contribution >= 4 is 17.7 Å². The van der Waals surface area contributed by atoms with Crippen molar-refractivity contribution in [1.29, 1.82) is 0 Å². The van der Waals surface area contributed by atoms with Gasteiger partial charge in [-0.2, -0.15) is 0 Å². The van der Waals surface area contributed by atoms with Crippen molar-refractivity contribution in [2.45, 2.75) is 19.4 Å². The van der Waals surface area contributed by atoms with Gasteiger partial charge in [-0.1, -0.05) is 25.1 Å². The molecule has 0 aromatic heterocycles. The minimum atomic E-state index is -0.700. The molecule has 6 heteroatoms. The van der Waals surface area contributed by atoms with E-state index in [-0.39, 0.29) is 11.6 Å². The number of halogens is 2. The first-order valence-electron chi connectivity index (χ1n) is 9.43. The molecule has 1 amide bonds. The molecule has 3 rings (SSSR count). The highest BCUT2D eigenvalue weighted by molar-refractivity contribution is 5.92. The molecule has 1 saturated heterocycles. The van der Waals surface area contributed by atoms with Crippen LogP contribution in [0.1, 0.15) is 30.5 Å². The monoisotopic (exact) mass is 386 g/mol. The zero-order valence-electron chi connectivity index (χ0n) is 15.8. The zero-order valence-corrected chi connectivity index (χ0v) is 15.8. The van der Waals surface area contributed by atoms with Crippen molar-refractivity contribution in [2.75, 3.05) is 31.2 Å². The van der Waals surface area contributed by atoms with Gasteiger partial charge in [0.1, 0.15) is 11.6 Å². The number of morpholine rings is 1. The molecule has 2 aromatic rings. The summed E-state index contributed by atoms with van der Waals surface area (Å²) < 4.78 is 32.8. The van der Waals surface area contributed by atoms with Crippen LogP contribution in [0.4, 0.5) is 14.5 Å². The Morgan fingerprint density at radius 2 is 1.86 bits per heavy atom. The molecule has 1 aliphatic heterocycles. The van der Waals surface area contributed by atoms with Gasteiger partial charge in [-0.3, -0.25) is 4.79 Å². The van der Waals surface area contributed by atoms with E-state index in [0.717, 1.165) is 48.6 Å². The summed E-state index contributed by atoms with van der Waals surface area (Å²) in [6, 6.07) is 11.5. The Labute approximate surface area is 163 Å². The van der Waals surface area contributed by atoms with Crippen LogP contribution in [-0.2, 0) is 9.53 Å². The van der Waals surface area contributed by atoms with Crippen LogP contribution in [-0.4, -0.2) is 32.2 Å². The standard InChI is InChI=1S/C22H24F2N2O2/c1-2-21(16-5-3-6-17(15-16)26-11-13-28-14-12-26)25-22(27)10-9-18-19(23)7-4-8-20(18)24/h3-10,15,21H,2,11-14H2,1H3,(H,25,27). The Morgan fingerprint density at radius 3 is 2.54 bits per heavy atom. The van der Waals surface area contributed by atoms with Crippen LogP contribution in [0.2, 0.25) is 0 Å². The highest BCUT2D eigenvalue weighted by Crippen LogP contribution is 2.23. The quantitative estimate of drug-likeness (QED) is 0.761. The topological polar surface area (TPSA) is 41.6 Å². The number of benzene rings is 2. The molecule has 1 unspecified atom stereocenters. The van der Waals surface area contributed by atoms with E-state index in [1.165, 1.54) is 6.07 Å². The normalized spacial score (nSPS) is 15.6. The summed E-state index contributed by atoms with van der Waals surface area (Å²) >= 11 is 0. The van der Waals surface area contributed by atoms with Crippen LogP contribution in [0.25, 0.3) is 6.08 Å². The molecule has 1 fully saturated rings. The van der Waals surface area contributed by atoms with Gasteiger partial charge in [-0.05, 0) is 42.3 Å². The molecule has 1 atom stereocenters. The Kier molecular flexibility index (Phi) is 6.76. The average molecular weight is 386 g/mol. The van der Waals surface area contributed by atoms with Crippen molar-refractivity contribution in [3.63, 3.8) is 0 Å². The molecule has 2 aromatic carbocycles. The second kappa shape index (κ2) is 9.46. The summed E-state index contributed by atoms with van der Waals surface area (Å²) in [5.41, 5.74) is 1.86. The van der Waals surface area contributed by atoms with E-state index in [1.807, 2.05) is 25.1 Å². The number of amides is 1. The van der Waals surface area contributed by atoms with Crippen molar-refractivity contribution in [3.8, 4) is 0 Å². The predicted molar refractivity (Wildman–Crippen MR) is 106 cm³/mol. The minimum Gasteiger partial charge on any atom is -0.378 e. The molecule has 0 bridgehead atoms. The summed E-state index contributed by atoms with van der Waals surface area (Å²) in [4.78, 5) is 14.6. The lowest BCUT2D eigenvalue weighted by Crippen LogP contribution is -2.36. The van der Waals surface area contributed by atoms with E-state index in [9.17, 15) is 13.6 Å². The third-order valence-corrected chi connectivity index (χ3v) is 4.77. The molecule has 0 radical (unpaired) electrons. The third-order valence-electron chi connectivity index (χ3n) is 4.77. The number of carbonyl (C=O) groups excluding carboxylic acids is 1. The predicted octanol–water partition coefficient (Wildman–Crippen LogP) is 4.08. The van der Waals surface area contributed by atoms with E-state index in [4.69, 9.17) is 4.74 Å². The molecule has 0 aliphatic carbocycles. The average Bonchev–Trinajstić information content (AvgIpc) is 2.72. The first kappa shape index (κ1) is 20.0. The molecule has 4 nitrogen and oxygen atoms in total. The first-order chi connectivity index (χ1) is 13.6. The van der Waals surface area contributed by atoms with E-state index in [1.54, 1.807) is 0 Å². The lowest BCUT2D eigenvalue weighted by atomic mass is 10.0. The molecule has 0 saturated carbocycles. The van der Waals surface area contributed by atoms with Crippen LogP contribution >= 0.6 is 0 Å². The van der Waals surface area contributed by atoms with Crippen molar-refractivity contribution in [1.82, 2.24) is 5.32 Å². The van der Waals surface area contributed by atoms with Gasteiger partial charge < -0.3 is 15.0 Å². The number of nitrogens with zero attached hydrogens (tertiary/aromatic N) is 1. The molecular formula is C22H24F2N2O2. The number of nitrogens with one attached hydrogen (secondary N) is 1. The lowest BCUT2D eigenvalue weighted by Gasteiger charge is -2.29. The summed E-state index contributed by atoms with van der Waals surface area (Å²) in [6.07, 6.45) is 3.02. The fourth-order valence-electron chi connectivity index (χ4n) is 3.23. The summed E-state index contributed by atoms with van der Waals surface area (Å²) in [5, 5.41) is 2.91. The SMILES string of the molecule is CCC(NC(=O)C=Cc1c(F)cccc1F)c1cccc(N2CCOCC2)c1. The minimum absolute atomic E-state index is 0.191. The fourth-order valence-corrected chi connectivity index (χ4v) is 3.23. The Morgan fingerprint density at radius 1 is 1.18 bits per heavy atom. The van der Waals surface area contributed by atoms with Gasteiger partial charge >= 0.3 is 0 Å². The van der Waals surface area contributed by atoms with E-state index >= 15 is 0 Å². The summed E-state index contributed by atoms with van der Waals surface area (Å²) in [5.74, 6) is -1.80. The van der Waals surface area contributed by atoms with Crippen LogP contribution in [0.15, 0.2) is 48.5 Å². The van der Waals surface area contributed by atoms with E-state index in [0.29, 0.717) is 19.6 Å². The smallest absolute Gasteiger partial charge is 0.244 e. The van der Waals surface area contributed by atoms with Gasteiger partial charge in [0.2, 0.25) is 5.91 Å². The van der Waals surface area contributed by atoms with Gasteiger partial charge in [0.25, 0.3) is 0 Å². The largest absolute Gasteiger partial charge is 0.378 e. The van der Waals surface area contributed by atoms with Crippen LogP contribution < -0.4 is 10.2 Å². The molecule has 1 heterocycles. The van der Waals surface area contributed by atoms with Crippen molar-refractivity contribution in [2.24, 2.45) is 0 Å². The number of hydrogen-bond donors (Lipinski definition) is 1. The Balaban J connectivity index is 1.70. The van der Waals surface area contributed by atoms with Gasteiger partial charge in [-0.25, -0.2) is 8.78 Å². The first-order valence-corrected chi connectivity index (χ1v) is 9.43. The summed E-state index contributed by atoms with van der Waals surface area (Å²) in [6.45, 7) is 5.06. The molecule has 1 aliphatic rings. The summed E-state index contributed by atoms with van der Waals surface area (Å²) in [7, 11) is 0. The fraction of sp³-hybridized carbons (Fsp3) is 0.318. The third kappa shape index (κ3) is 4.95. The second-order valence-corrected chi connectivity index (χ2v) is 6.63. The van der Waals surface area contributed by atoms with Gasteiger partial charge in [0.05, 0.1) is 19.3 Å². The van der Waals surface area contributed by atoms with Crippen molar-refractivity contribution in [3.05, 3.63) is 71.3 Å². The van der Waals surface area contributed by atoms with E-state index in [2.05, 4.69) is 16.3 Å². The number of ether oxygens (including phenoxy) is 1. The second-order valence-electron chi connectivity index (χ2n) is 6.63. The number of rotatable bonds is 6. The number of anilines is 1. The van der Waals surface area contributed by atoms with Gasteiger partial charge in [-0.15, -0.1) is 0 Å².